The fraction of sp³-hybridized carbons (Fsp3) is 0.310. The summed E-state index contributed by atoms with van der Waals surface area (Å²) in [6, 6.07) is 13.7. The number of carboxylic acid groups (broad SMARTS) is 1. The van der Waals surface area contributed by atoms with Crippen molar-refractivity contribution in [2.24, 2.45) is 11.1 Å². The Balaban J connectivity index is 1.48. The zero-order valence-electron chi connectivity index (χ0n) is 20.9. The predicted octanol–water partition coefficient (Wildman–Crippen LogP) is 4.20. The molecule has 2 atom stereocenters. The number of halogens is 2. The molecule has 1 aromatic heterocycles. The molecule has 0 bridgehead atoms. The van der Waals surface area contributed by atoms with Gasteiger partial charge in [-0.05, 0) is 74.2 Å². The van der Waals surface area contributed by atoms with Crippen LogP contribution in [0.4, 0.5) is 4.39 Å². The number of hydrogen-bond acceptors (Lipinski definition) is 5. The third-order valence-corrected chi connectivity index (χ3v) is 7.52. The molecule has 7 nitrogen and oxygen atoms in total. The van der Waals surface area contributed by atoms with Gasteiger partial charge in [0.25, 0.3) is 5.56 Å². The van der Waals surface area contributed by atoms with Crippen LogP contribution in [0.2, 0.25) is 0 Å². The first-order valence-corrected chi connectivity index (χ1v) is 13.4. The Kier molecular flexibility index (Phi) is 7.29. The minimum Gasteiger partial charge on any atom is -0.481 e. The standard InChI is InChI=1S/C29H27BrFN3O4/c1-29(19-5-4-6-20(30)16-19)17-25(33-38-29)18-9-14-23-24(15-18)32-26(7-2-3-8-27(35)36)34(28(23)37)22-12-10-21(31)11-13-22/h4-6,10-16,18H,2-3,7-9,17H2,1H3,(H,35,36)/t18?,29-/m1/s1. The molecular formula is C29H27BrFN3O4. The molecule has 0 amide bonds. The number of carboxylic acids is 1. The maximum Gasteiger partial charge on any atom is 0.303 e. The van der Waals surface area contributed by atoms with E-state index in [0.717, 1.165) is 15.7 Å². The number of oxime groups is 1. The van der Waals surface area contributed by atoms with Crippen LogP contribution in [0.5, 0.6) is 0 Å². The molecule has 0 spiro atoms. The Hall–Kier alpha value is -3.59. The predicted molar refractivity (Wildman–Crippen MR) is 146 cm³/mol. The van der Waals surface area contributed by atoms with E-state index in [1.54, 1.807) is 12.1 Å². The lowest BCUT2D eigenvalue weighted by Gasteiger charge is -2.23. The molecule has 1 aliphatic heterocycles. The van der Waals surface area contributed by atoms with Crippen molar-refractivity contribution in [3.63, 3.8) is 0 Å². The average Bonchev–Trinajstić information content (AvgIpc) is 3.30. The van der Waals surface area contributed by atoms with E-state index in [2.05, 4.69) is 21.1 Å². The summed E-state index contributed by atoms with van der Waals surface area (Å²) in [5.41, 5.74) is 1.63. The Morgan fingerprint density at radius 3 is 2.76 bits per heavy atom. The summed E-state index contributed by atoms with van der Waals surface area (Å²) in [5, 5.41) is 14.5. The number of benzene rings is 2. The lowest BCUT2D eigenvalue weighted by molar-refractivity contribution is -0.137. The van der Waals surface area contributed by atoms with E-state index in [4.69, 9.17) is 14.9 Å². The van der Waals surface area contributed by atoms with Gasteiger partial charge in [0.2, 0.25) is 0 Å². The molecular weight excluding hydrogens is 553 g/mol. The van der Waals surface area contributed by atoms with Crippen molar-refractivity contribution < 1.29 is 19.1 Å². The Labute approximate surface area is 227 Å². The van der Waals surface area contributed by atoms with Gasteiger partial charge in [0.1, 0.15) is 11.6 Å². The van der Waals surface area contributed by atoms with Gasteiger partial charge >= 0.3 is 5.97 Å². The van der Waals surface area contributed by atoms with Gasteiger partial charge in [0.15, 0.2) is 5.60 Å². The Bertz CT molecular complexity index is 1600. The fourth-order valence-electron chi connectivity index (χ4n) is 4.98. The van der Waals surface area contributed by atoms with Crippen LogP contribution >= 0.6 is 15.9 Å². The number of nitrogens with zero attached hydrogens (tertiary/aromatic N) is 3. The Morgan fingerprint density at radius 1 is 1.24 bits per heavy atom. The molecule has 0 fully saturated rings. The lowest BCUT2D eigenvalue weighted by atomic mass is 9.85. The summed E-state index contributed by atoms with van der Waals surface area (Å²) >= 11 is 3.52. The number of aromatic nitrogens is 2. The van der Waals surface area contributed by atoms with Crippen molar-refractivity contribution in [2.75, 3.05) is 0 Å². The monoisotopic (exact) mass is 579 g/mol. The van der Waals surface area contributed by atoms with Crippen LogP contribution in [-0.2, 0) is 21.7 Å². The zero-order chi connectivity index (χ0) is 26.9. The molecule has 2 heterocycles. The number of hydrogen-bond donors (Lipinski definition) is 1. The van der Waals surface area contributed by atoms with Gasteiger partial charge in [0.05, 0.1) is 22.0 Å². The maximum atomic E-state index is 13.6. The summed E-state index contributed by atoms with van der Waals surface area (Å²) in [6.07, 6.45) is 6.54. The molecule has 0 radical (unpaired) electrons. The van der Waals surface area contributed by atoms with Gasteiger partial charge in [-0.2, -0.15) is 0 Å². The second kappa shape index (κ2) is 10.6. The van der Waals surface area contributed by atoms with Gasteiger partial charge in [0, 0.05) is 29.7 Å². The highest BCUT2D eigenvalue weighted by molar-refractivity contribution is 9.10. The van der Waals surface area contributed by atoms with Crippen LogP contribution in [0.3, 0.4) is 0 Å². The van der Waals surface area contributed by atoms with Crippen LogP contribution in [-0.4, -0.2) is 26.3 Å². The second-order valence-electron chi connectivity index (χ2n) is 9.85. The molecule has 0 saturated carbocycles. The minimum atomic E-state index is -0.862. The first-order valence-electron chi connectivity index (χ1n) is 12.6. The summed E-state index contributed by atoms with van der Waals surface area (Å²) in [6.45, 7) is 2.01. The third kappa shape index (κ3) is 5.34. The number of rotatable bonds is 8. The number of aliphatic carboxylic acids is 1. The van der Waals surface area contributed by atoms with Crippen LogP contribution in [0.25, 0.3) is 17.8 Å². The molecule has 5 rings (SSSR count). The van der Waals surface area contributed by atoms with Crippen molar-refractivity contribution >= 4 is 39.8 Å². The average molecular weight is 580 g/mol. The SMILES string of the molecule is C[C@]1(c2cccc(Br)c2)CC(C2C=c3nc(CCCCC(=O)O)n(-c4ccc(F)cc4)c(=O)c3=CC2)=NO1. The molecule has 3 aromatic rings. The molecule has 196 valence electrons. The Morgan fingerprint density at radius 2 is 2.03 bits per heavy atom. The molecule has 38 heavy (non-hydrogen) atoms. The van der Waals surface area contributed by atoms with Crippen molar-refractivity contribution in [1.82, 2.24) is 9.55 Å². The maximum absolute atomic E-state index is 13.6. The van der Waals surface area contributed by atoms with E-state index in [1.165, 1.54) is 16.7 Å². The van der Waals surface area contributed by atoms with Crippen molar-refractivity contribution in [3.8, 4) is 5.69 Å². The number of unbranched alkanes of at least 4 members (excludes halogenated alkanes) is 1. The minimum absolute atomic E-state index is 0.0459. The fourth-order valence-corrected chi connectivity index (χ4v) is 5.37. The van der Waals surface area contributed by atoms with Crippen molar-refractivity contribution in [2.45, 2.75) is 51.0 Å². The number of carbonyl (C=O) groups is 1. The molecule has 1 aliphatic carbocycles. The molecule has 1 N–H and O–H groups in total. The number of fused-ring (bicyclic) bond motifs is 1. The normalized spacial score (nSPS) is 20.1. The van der Waals surface area contributed by atoms with E-state index < -0.39 is 17.4 Å². The smallest absolute Gasteiger partial charge is 0.303 e. The highest BCUT2D eigenvalue weighted by Crippen LogP contribution is 2.38. The zero-order valence-corrected chi connectivity index (χ0v) is 22.4. The summed E-state index contributed by atoms with van der Waals surface area (Å²) < 4.78 is 16.1. The largest absolute Gasteiger partial charge is 0.481 e. The van der Waals surface area contributed by atoms with Gasteiger partial charge in [-0.25, -0.2) is 9.37 Å². The van der Waals surface area contributed by atoms with Gasteiger partial charge in [-0.15, -0.1) is 0 Å². The van der Waals surface area contributed by atoms with Crippen molar-refractivity contribution in [1.29, 1.82) is 0 Å². The highest BCUT2D eigenvalue weighted by atomic mass is 79.9. The molecule has 1 unspecified atom stereocenters. The quantitative estimate of drug-likeness (QED) is 0.404. The van der Waals surface area contributed by atoms with E-state index in [1.807, 2.05) is 43.3 Å². The van der Waals surface area contributed by atoms with Gasteiger partial charge < -0.3 is 9.94 Å². The molecule has 2 aliphatic rings. The summed E-state index contributed by atoms with van der Waals surface area (Å²) in [7, 11) is 0. The van der Waals surface area contributed by atoms with Crippen LogP contribution in [0, 0.1) is 11.7 Å². The molecule has 9 heteroatoms. The highest BCUT2D eigenvalue weighted by Gasteiger charge is 2.38. The summed E-state index contributed by atoms with van der Waals surface area (Å²) in [5.74, 6) is -0.808. The van der Waals surface area contributed by atoms with Crippen LogP contribution in [0.1, 0.15) is 50.4 Å². The van der Waals surface area contributed by atoms with Crippen molar-refractivity contribution in [3.05, 3.63) is 91.1 Å². The third-order valence-electron chi connectivity index (χ3n) is 7.02. The van der Waals surface area contributed by atoms with E-state index >= 15 is 0 Å². The van der Waals surface area contributed by atoms with Gasteiger partial charge in [-0.3, -0.25) is 14.2 Å². The first kappa shape index (κ1) is 26.0. The first-order chi connectivity index (χ1) is 18.2. The van der Waals surface area contributed by atoms with Crippen LogP contribution < -0.4 is 16.1 Å². The summed E-state index contributed by atoms with van der Waals surface area (Å²) in [4.78, 5) is 35.4. The van der Waals surface area contributed by atoms with Crippen LogP contribution in [0.15, 0.2) is 63.0 Å². The van der Waals surface area contributed by atoms with E-state index in [9.17, 15) is 14.0 Å². The number of aryl methyl sites for hydroxylation is 1. The van der Waals surface area contributed by atoms with E-state index in [0.29, 0.717) is 54.2 Å². The lowest BCUT2D eigenvalue weighted by Crippen LogP contribution is -2.50. The molecule has 0 saturated heterocycles. The van der Waals surface area contributed by atoms with E-state index in [-0.39, 0.29) is 17.9 Å². The molecule has 2 aromatic carbocycles. The van der Waals surface area contributed by atoms with Gasteiger partial charge in [-0.1, -0.05) is 39.3 Å². The topological polar surface area (TPSA) is 93.8 Å². The second-order valence-corrected chi connectivity index (χ2v) is 10.8.